The first kappa shape index (κ1) is 13.7. The minimum absolute atomic E-state index is 0.0450. The topological polar surface area (TPSA) is 38.8 Å². The second kappa shape index (κ2) is 6.04. The number of ether oxygens (including phenoxy) is 2. The Kier molecular flexibility index (Phi) is 4.15. The van der Waals surface area contributed by atoms with Crippen molar-refractivity contribution in [3.63, 3.8) is 0 Å². The molecule has 1 aromatic carbocycles. The maximum Gasteiger partial charge on any atom is 0.267 e. The normalized spacial score (nSPS) is 21.1. The number of hydrogen-bond acceptors (Lipinski definition) is 3. The molecule has 1 unspecified atom stereocenters. The molecule has 1 aromatic rings. The monoisotopic (exact) mass is 339 g/mol. The maximum atomic E-state index is 12.6. The lowest BCUT2D eigenvalue weighted by atomic mass is 9.91. The van der Waals surface area contributed by atoms with Gasteiger partial charge in [0.1, 0.15) is 6.61 Å². The molecule has 0 saturated heterocycles. The van der Waals surface area contributed by atoms with Gasteiger partial charge in [0.15, 0.2) is 11.5 Å². The molecule has 1 aliphatic carbocycles. The number of carbonyl (C=O) groups excluding carboxylic acids is 1. The van der Waals surface area contributed by atoms with Crippen molar-refractivity contribution in [1.82, 2.24) is 4.90 Å². The molecule has 1 amide bonds. The van der Waals surface area contributed by atoms with E-state index in [0.717, 1.165) is 24.7 Å². The average molecular weight is 340 g/mol. The van der Waals surface area contributed by atoms with Crippen molar-refractivity contribution < 1.29 is 14.3 Å². The van der Waals surface area contributed by atoms with E-state index in [4.69, 9.17) is 9.47 Å². The van der Waals surface area contributed by atoms with E-state index in [1.807, 2.05) is 29.2 Å². The van der Waals surface area contributed by atoms with Crippen molar-refractivity contribution in [3.05, 3.63) is 24.3 Å². The number of amides is 1. The van der Waals surface area contributed by atoms with Crippen LogP contribution in [0.3, 0.4) is 0 Å². The molecule has 1 fully saturated rings. The number of benzene rings is 1. The Bertz CT molecular complexity index is 490. The molecule has 3 rings (SSSR count). The zero-order valence-corrected chi connectivity index (χ0v) is 12.8. The predicted molar refractivity (Wildman–Crippen MR) is 79.5 cm³/mol. The van der Waals surface area contributed by atoms with Crippen LogP contribution in [0, 0.1) is 0 Å². The third kappa shape index (κ3) is 2.64. The van der Waals surface area contributed by atoms with Gasteiger partial charge in [-0.3, -0.25) is 4.79 Å². The van der Waals surface area contributed by atoms with Crippen molar-refractivity contribution >= 4 is 21.8 Å². The number of halogens is 1. The van der Waals surface area contributed by atoms with Crippen molar-refractivity contribution in [2.75, 3.05) is 18.5 Å². The van der Waals surface area contributed by atoms with Gasteiger partial charge < -0.3 is 14.4 Å². The second-order valence-corrected chi connectivity index (χ2v) is 5.96. The van der Waals surface area contributed by atoms with Crippen LogP contribution >= 0.6 is 15.9 Å². The van der Waals surface area contributed by atoms with Gasteiger partial charge >= 0.3 is 0 Å². The minimum Gasteiger partial charge on any atom is -0.485 e. The molecule has 0 aromatic heterocycles. The summed E-state index contributed by atoms with van der Waals surface area (Å²) in [5.74, 6) is 1.42. The van der Waals surface area contributed by atoms with E-state index in [1.54, 1.807) is 0 Å². The van der Waals surface area contributed by atoms with Crippen LogP contribution in [-0.4, -0.2) is 41.4 Å². The molecule has 1 saturated carbocycles. The van der Waals surface area contributed by atoms with Crippen LogP contribution < -0.4 is 9.47 Å². The molecule has 1 aliphatic heterocycles. The number of fused-ring (bicyclic) bond motifs is 1. The number of para-hydroxylation sites is 2. The van der Waals surface area contributed by atoms with E-state index in [1.165, 1.54) is 6.42 Å². The molecule has 108 valence electrons. The SMILES string of the molecule is O=C(C1COc2ccccc2O1)N(CCBr)C1CCC1. The Morgan fingerprint density at radius 3 is 2.70 bits per heavy atom. The first-order valence-electron chi connectivity index (χ1n) is 7.04. The van der Waals surface area contributed by atoms with E-state index in [2.05, 4.69) is 15.9 Å². The van der Waals surface area contributed by atoms with Crippen molar-refractivity contribution in [2.45, 2.75) is 31.4 Å². The molecule has 0 N–H and O–H groups in total. The quantitative estimate of drug-likeness (QED) is 0.791. The van der Waals surface area contributed by atoms with E-state index in [0.29, 0.717) is 24.1 Å². The fourth-order valence-electron chi connectivity index (χ4n) is 2.59. The lowest BCUT2D eigenvalue weighted by Crippen LogP contribution is -2.52. The Balaban J connectivity index is 1.70. The smallest absolute Gasteiger partial charge is 0.267 e. The first-order chi connectivity index (χ1) is 9.79. The zero-order valence-electron chi connectivity index (χ0n) is 11.3. The Morgan fingerprint density at radius 1 is 1.30 bits per heavy atom. The number of nitrogens with zero attached hydrogens (tertiary/aromatic N) is 1. The highest BCUT2D eigenvalue weighted by molar-refractivity contribution is 9.09. The Morgan fingerprint density at radius 2 is 2.05 bits per heavy atom. The van der Waals surface area contributed by atoms with E-state index in [9.17, 15) is 4.79 Å². The zero-order chi connectivity index (χ0) is 13.9. The van der Waals surface area contributed by atoms with Gasteiger partial charge in [0.2, 0.25) is 6.10 Å². The molecule has 0 radical (unpaired) electrons. The largest absolute Gasteiger partial charge is 0.485 e. The third-order valence-corrected chi connectivity index (χ3v) is 4.26. The van der Waals surface area contributed by atoms with Crippen molar-refractivity contribution in [3.8, 4) is 11.5 Å². The highest BCUT2D eigenvalue weighted by Crippen LogP contribution is 2.32. The van der Waals surface area contributed by atoms with E-state index >= 15 is 0 Å². The van der Waals surface area contributed by atoms with Gasteiger partial charge in [0, 0.05) is 17.9 Å². The second-order valence-electron chi connectivity index (χ2n) is 5.17. The fraction of sp³-hybridized carbons (Fsp3) is 0.533. The summed E-state index contributed by atoms with van der Waals surface area (Å²) < 4.78 is 11.4. The van der Waals surface area contributed by atoms with Crippen LogP contribution in [0.5, 0.6) is 11.5 Å². The van der Waals surface area contributed by atoms with Crippen LogP contribution in [-0.2, 0) is 4.79 Å². The van der Waals surface area contributed by atoms with Crippen LogP contribution in [0.15, 0.2) is 24.3 Å². The van der Waals surface area contributed by atoms with Crippen molar-refractivity contribution in [2.24, 2.45) is 0 Å². The number of rotatable bonds is 4. The molecular weight excluding hydrogens is 322 g/mol. The summed E-state index contributed by atoms with van der Waals surface area (Å²) in [6.07, 6.45) is 2.89. The van der Waals surface area contributed by atoms with E-state index < -0.39 is 6.10 Å². The summed E-state index contributed by atoms with van der Waals surface area (Å²) >= 11 is 3.42. The highest BCUT2D eigenvalue weighted by Gasteiger charge is 2.35. The van der Waals surface area contributed by atoms with Crippen LogP contribution in [0.2, 0.25) is 0 Å². The lowest BCUT2D eigenvalue weighted by Gasteiger charge is -2.39. The molecule has 1 atom stereocenters. The van der Waals surface area contributed by atoms with Gasteiger partial charge in [0.25, 0.3) is 5.91 Å². The summed E-state index contributed by atoms with van der Waals surface area (Å²) in [4.78, 5) is 14.6. The summed E-state index contributed by atoms with van der Waals surface area (Å²) in [5, 5.41) is 0.791. The van der Waals surface area contributed by atoms with E-state index in [-0.39, 0.29) is 5.91 Å². The van der Waals surface area contributed by atoms with Gasteiger partial charge in [-0.2, -0.15) is 0 Å². The molecule has 0 bridgehead atoms. The predicted octanol–water partition coefficient (Wildman–Crippen LogP) is 2.60. The molecule has 2 aliphatic rings. The molecule has 0 spiro atoms. The van der Waals surface area contributed by atoms with Gasteiger partial charge in [-0.15, -0.1) is 0 Å². The summed E-state index contributed by atoms with van der Waals surface area (Å²) in [6, 6.07) is 7.86. The highest BCUT2D eigenvalue weighted by atomic mass is 79.9. The Labute approximate surface area is 127 Å². The standard InChI is InChI=1S/C15H18BrNO3/c16-8-9-17(11-4-3-5-11)15(18)14-10-19-12-6-1-2-7-13(12)20-14/h1-2,6-7,11,14H,3-5,8-10H2. The van der Waals surface area contributed by atoms with Gasteiger partial charge in [-0.25, -0.2) is 0 Å². The van der Waals surface area contributed by atoms with Crippen LogP contribution in [0.25, 0.3) is 0 Å². The molecule has 4 nitrogen and oxygen atoms in total. The molecule has 20 heavy (non-hydrogen) atoms. The average Bonchev–Trinajstić information content (AvgIpc) is 2.43. The van der Waals surface area contributed by atoms with Crippen LogP contribution in [0.1, 0.15) is 19.3 Å². The fourth-order valence-corrected chi connectivity index (χ4v) is 2.97. The molecule has 1 heterocycles. The lowest BCUT2D eigenvalue weighted by molar-refractivity contribution is -0.145. The number of hydrogen-bond donors (Lipinski definition) is 0. The molecule has 5 heteroatoms. The number of alkyl halides is 1. The van der Waals surface area contributed by atoms with Gasteiger partial charge in [0.05, 0.1) is 0 Å². The third-order valence-electron chi connectivity index (χ3n) is 3.91. The number of carbonyl (C=O) groups is 1. The summed E-state index contributed by atoms with van der Waals surface area (Å²) in [5.41, 5.74) is 0. The van der Waals surface area contributed by atoms with Gasteiger partial charge in [-0.05, 0) is 31.4 Å². The molecular formula is C15H18BrNO3. The summed E-state index contributed by atoms with van der Waals surface area (Å²) in [7, 11) is 0. The first-order valence-corrected chi connectivity index (χ1v) is 8.16. The van der Waals surface area contributed by atoms with Crippen molar-refractivity contribution in [1.29, 1.82) is 0 Å². The van der Waals surface area contributed by atoms with Crippen LogP contribution in [0.4, 0.5) is 0 Å². The van der Waals surface area contributed by atoms with Gasteiger partial charge in [-0.1, -0.05) is 28.1 Å². The maximum absolute atomic E-state index is 12.6. The minimum atomic E-state index is -0.524. The summed E-state index contributed by atoms with van der Waals surface area (Å²) in [6.45, 7) is 1.02. The Hall–Kier alpha value is -1.23.